The standard InChI is InChI=1S/C14H20FNO2/c1-18-14-3-2-12(15)8-11(14)9-13(17)10-4-6-16-7-5-10/h2-3,8,10,13,16-17H,4-7,9H2,1H3. The average molecular weight is 253 g/mol. The van der Waals surface area contributed by atoms with Crippen molar-refractivity contribution in [3.63, 3.8) is 0 Å². The molecule has 2 rings (SSSR count). The zero-order valence-electron chi connectivity index (χ0n) is 10.7. The molecule has 0 bridgehead atoms. The minimum absolute atomic E-state index is 0.289. The van der Waals surface area contributed by atoms with Crippen molar-refractivity contribution in [2.75, 3.05) is 20.2 Å². The highest BCUT2D eigenvalue weighted by Gasteiger charge is 2.22. The van der Waals surface area contributed by atoms with Crippen molar-refractivity contribution in [2.24, 2.45) is 5.92 Å². The van der Waals surface area contributed by atoms with Gasteiger partial charge in [0.2, 0.25) is 0 Å². The maximum absolute atomic E-state index is 13.2. The normalized spacial score (nSPS) is 18.6. The third-order valence-corrected chi connectivity index (χ3v) is 3.60. The number of ether oxygens (including phenoxy) is 1. The molecule has 0 spiro atoms. The monoisotopic (exact) mass is 253 g/mol. The number of hydrogen-bond acceptors (Lipinski definition) is 3. The van der Waals surface area contributed by atoms with Crippen LogP contribution in [0.15, 0.2) is 18.2 Å². The molecule has 0 radical (unpaired) electrons. The smallest absolute Gasteiger partial charge is 0.123 e. The molecule has 1 atom stereocenters. The fourth-order valence-corrected chi connectivity index (χ4v) is 2.53. The Morgan fingerprint density at radius 3 is 2.83 bits per heavy atom. The van der Waals surface area contributed by atoms with E-state index < -0.39 is 6.10 Å². The van der Waals surface area contributed by atoms with Gasteiger partial charge in [-0.15, -0.1) is 0 Å². The topological polar surface area (TPSA) is 41.5 Å². The Morgan fingerprint density at radius 2 is 2.17 bits per heavy atom. The Bertz CT molecular complexity index is 391. The number of hydrogen-bond donors (Lipinski definition) is 2. The second-order valence-corrected chi connectivity index (χ2v) is 4.82. The lowest BCUT2D eigenvalue weighted by Crippen LogP contribution is -2.35. The van der Waals surface area contributed by atoms with Gasteiger partial charge in [0, 0.05) is 6.42 Å². The van der Waals surface area contributed by atoms with E-state index in [1.165, 1.54) is 12.1 Å². The van der Waals surface area contributed by atoms with E-state index in [-0.39, 0.29) is 5.82 Å². The van der Waals surface area contributed by atoms with E-state index in [9.17, 15) is 9.50 Å². The van der Waals surface area contributed by atoms with Crippen LogP contribution in [0.5, 0.6) is 5.75 Å². The van der Waals surface area contributed by atoms with Gasteiger partial charge in [-0.05, 0) is 55.6 Å². The van der Waals surface area contributed by atoms with Gasteiger partial charge >= 0.3 is 0 Å². The molecule has 1 aromatic carbocycles. The predicted molar refractivity (Wildman–Crippen MR) is 68.3 cm³/mol. The average Bonchev–Trinajstić information content (AvgIpc) is 2.40. The fourth-order valence-electron chi connectivity index (χ4n) is 2.53. The lowest BCUT2D eigenvalue weighted by atomic mass is 9.88. The lowest BCUT2D eigenvalue weighted by molar-refractivity contribution is 0.0884. The molecule has 0 aliphatic carbocycles. The van der Waals surface area contributed by atoms with Gasteiger partial charge in [0.25, 0.3) is 0 Å². The molecule has 4 heteroatoms. The SMILES string of the molecule is COc1ccc(F)cc1CC(O)C1CCNCC1. The summed E-state index contributed by atoms with van der Waals surface area (Å²) in [6.45, 7) is 1.89. The summed E-state index contributed by atoms with van der Waals surface area (Å²) in [5, 5.41) is 13.5. The Morgan fingerprint density at radius 1 is 1.44 bits per heavy atom. The van der Waals surface area contributed by atoms with Crippen LogP contribution < -0.4 is 10.1 Å². The minimum Gasteiger partial charge on any atom is -0.496 e. The van der Waals surface area contributed by atoms with E-state index in [0.29, 0.717) is 18.1 Å². The van der Waals surface area contributed by atoms with Gasteiger partial charge in [0.05, 0.1) is 13.2 Å². The van der Waals surface area contributed by atoms with Gasteiger partial charge in [0.1, 0.15) is 11.6 Å². The summed E-state index contributed by atoms with van der Waals surface area (Å²) in [6, 6.07) is 4.43. The van der Waals surface area contributed by atoms with Crippen molar-refractivity contribution < 1.29 is 14.2 Å². The number of piperidine rings is 1. The van der Waals surface area contributed by atoms with Crippen LogP contribution in [0.4, 0.5) is 4.39 Å². The number of halogens is 1. The third kappa shape index (κ3) is 3.21. The van der Waals surface area contributed by atoms with Gasteiger partial charge in [0.15, 0.2) is 0 Å². The summed E-state index contributed by atoms with van der Waals surface area (Å²) in [5.74, 6) is 0.645. The van der Waals surface area contributed by atoms with E-state index in [2.05, 4.69) is 5.32 Å². The van der Waals surface area contributed by atoms with Crippen LogP contribution in [0.1, 0.15) is 18.4 Å². The minimum atomic E-state index is -0.428. The van der Waals surface area contributed by atoms with E-state index >= 15 is 0 Å². The molecule has 2 N–H and O–H groups in total. The van der Waals surface area contributed by atoms with E-state index in [1.54, 1.807) is 13.2 Å². The van der Waals surface area contributed by atoms with Crippen LogP contribution in [0.3, 0.4) is 0 Å². The number of aliphatic hydroxyl groups is 1. The Balaban J connectivity index is 2.05. The Kier molecular flexibility index (Phi) is 4.55. The summed E-state index contributed by atoms with van der Waals surface area (Å²) < 4.78 is 18.4. The highest BCUT2D eigenvalue weighted by Crippen LogP contribution is 2.25. The summed E-state index contributed by atoms with van der Waals surface area (Å²) in [4.78, 5) is 0. The maximum Gasteiger partial charge on any atom is 0.123 e. The third-order valence-electron chi connectivity index (χ3n) is 3.60. The fraction of sp³-hybridized carbons (Fsp3) is 0.571. The second-order valence-electron chi connectivity index (χ2n) is 4.82. The Labute approximate surface area is 107 Å². The zero-order valence-corrected chi connectivity index (χ0v) is 10.7. The number of aliphatic hydroxyl groups excluding tert-OH is 1. The van der Waals surface area contributed by atoms with Crippen molar-refractivity contribution in [3.8, 4) is 5.75 Å². The summed E-state index contributed by atoms with van der Waals surface area (Å²) in [7, 11) is 1.56. The molecule has 1 saturated heterocycles. The first-order valence-electron chi connectivity index (χ1n) is 6.42. The van der Waals surface area contributed by atoms with E-state index in [1.807, 2.05) is 0 Å². The zero-order chi connectivity index (χ0) is 13.0. The number of benzene rings is 1. The molecule has 0 saturated carbocycles. The van der Waals surface area contributed by atoms with Crippen LogP contribution >= 0.6 is 0 Å². The number of methoxy groups -OCH3 is 1. The van der Waals surface area contributed by atoms with Crippen LogP contribution in [0, 0.1) is 11.7 Å². The molecule has 1 heterocycles. The van der Waals surface area contributed by atoms with Gasteiger partial charge < -0.3 is 15.2 Å². The van der Waals surface area contributed by atoms with Gasteiger partial charge in [-0.1, -0.05) is 0 Å². The summed E-state index contributed by atoms with van der Waals surface area (Å²) in [6.07, 6.45) is 1.96. The first-order valence-corrected chi connectivity index (χ1v) is 6.42. The molecule has 1 aliphatic heterocycles. The number of nitrogens with one attached hydrogen (secondary N) is 1. The number of rotatable bonds is 4. The maximum atomic E-state index is 13.2. The molecule has 3 nitrogen and oxygen atoms in total. The van der Waals surface area contributed by atoms with E-state index in [4.69, 9.17) is 4.74 Å². The molecule has 0 aromatic heterocycles. The Hall–Kier alpha value is -1.13. The molecule has 100 valence electrons. The van der Waals surface area contributed by atoms with Crippen molar-refractivity contribution in [3.05, 3.63) is 29.6 Å². The molecule has 1 fully saturated rings. The van der Waals surface area contributed by atoms with Gasteiger partial charge in [-0.2, -0.15) is 0 Å². The summed E-state index contributed by atoms with van der Waals surface area (Å²) in [5.41, 5.74) is 0.739. The first kappa shape index (κ1) is 13.3. The molecule has 18 heavy (non-hydrogen) atoms. The summed E-state index contributed by atoms with van der Waals surface area (Å²) >= 11 is 0. The van der Waals surface area contributed by atoms with Crippen LogP contribution in [0.2, 0.25) is 0 Å². The highest BCUT2D eigenvalue weighted by atomic mass is 19.1. The largest absolute Gasteiger partial charge is 0.496 e. The predicted octanol–water partition coefficient (Wildman–Crippen LogP) is 1.74. The molecule has 1 aromatic rings. The lowest BCUT2D eigenvalue weighted by Gasteiger charge is -2.27. The van der Waals surface area contributed by atoms with Crippen LogP contribution in [-0.2, 0) is 6.42 Å². The molecular formula is C14H20FNO2. The van der Waals surface area contributed by atoms with Crippen molar-refractivity contribution >= 4 is 0 Å². The van der Waals surface area contributed by atoms with Crippen molar-refractivity contribution in [1.82, 2.24) is 5.32 Å². The second kappa shape index (κ2) is 6.16. The van der Waals surface area contributed by atoms with Gasteiger partial charge in [-0.3, -0.25) is 0 Å². The van der Waals surface area contributed by atoms with Crippen LogP contribution in [0.25, 0.3) is 0 Å². The van der Waals surface area contributed by atoms with Crippen LogP contribution in [-0.4, -0.2) is 31.4 Å². The van der Waals surface area contributed by atoms with Crippen molar-refractivity contribution in [2.45, 2.75) is 25.4 Å². The van der Waals surface area contributed by atoms with E-state index in [0.717, 1.165) is 31.5 Å². The molecular weight excluding hydrogens is 233 g/mol. The molecule has 1 unspecified atom stereocenters. The quantitative estimate of drug-likeness (QED) is 0.858. The molecule has 1 aliphatic rings. The van der Waals surface area contributed by atoms with Gasteiger partial charge in [-0.25, -0.2) is 4.39 Å². The highest BCUT2D eigenvalue weighted by molar-refractivity contribution is 5.34. The van der Waals surface area contributed by atoms with Crippen molar-refractivity contribution in [1.29, 1.82) is 0 Å². The molecule has 0 amide bonds. The first-order chi connectivity index (χ1) is 8.70.